The standard InChI is InChI=1S/C14H16F3NO2/c1-19-12-3-4-13-11(9-12)5-7-18(13)6-2-8-20-10-14(15,16)17/h3-5,7,9H,2,6,8,10H2,1H3. The summed E-state index contributed by atoms with van der Waals surface area (Å²) in [6.07, 6.45) is -1.81. The molecule has 0 amide bonds. The predicted molar refractivity (Wildman–Crippen MR) is 70.0 cm³/mol. The van der Waals surface area contributed by atoms with Gasteiger partial charge in [0.25, 0.3) is 0 Å². The molecule has 3 nitrogen and oxygen atoms in total. The lowest BCUT2D eigenvalue weighted by Gasteiger charge is -2.09. The summed E-state index contributed by atoms with van der Waals surface area (Å²) in [4.78, 5) is 0. The maximum absolute atomic E-state index is 11.9. The highest BCUT2D eigenvalue weighted by Gasteiger charge is 2.27. The summed E-state index contributed by atoms with van der Waals surface area (Å²) in [6.45, 7) is -0.473. The van der Waals surface area contributed by atoms with Crippen molar-refractivity contribution in [2.45, 2.75) is 19.1 Å². The highest BCUT2D eigenvalue weighted by Crippen LogP contribution is 2.22. The molecule has 6 heteroatoms. The second-order valence-corrected chi connectivity index (χ2v) is 4.46. The molecule has 2 rings (SSSR count). The summed E-state index contributed by atoms with van der Waals surface area (Å²) in [5, 5.41) is 1.04. The average Bonchev–Trinajstić information content (AvgIpc) is 2.79. The fourth-order valence-corrected chi connectivity index (χ4v) is 2.03. The first kappa shape index (κ1) is 14.7. The van der Waals surface area contributed by atoms with E-state index >= 15 is 0 Å². The van der Waals surface area contributed by atoms with Gasteiger partial charge in [-0.3, -0.25) is 0 Å². The summed E-state index contributed by atoms with van der Waals surface area (Å²) in [5.41, 5.74) is 1.03. The van der Waals surface area contributed by atoms with Gasteiger partial charge in [0.2, 0.25) is 0 Å². The molecule has 1 aromatic carbocycles. The van der Waals surface area contributed by atoms with Crippen LogP contribution in [0.25, 0.3) is 10.9 Å². The van der Waals surface area contributed by atoms with E-state index in [1.807, 2.05) is 35.0 Å². The second kappa shape index (κ2) is 6.17. The zero-order chi connectivity index (χ0) is 14.6. The minimum absolute atomic E-state index is 0.0926. The maximum Gasteiger partial charge on any atom is 0.411 e. The lowest BCUT2D eigenvalue weighted by molar-refractivity contribution is -0.174. The zero-order valence-electron chi connectivity index (χ0n) is 11.1. The Hall–Kier alpha value is -1.69. The fraction of sp³-hybridized carbons (Fsp3) is 0.429. The van der Waals surface area contributed by atoms with Gasteiger partial charge in [-0.05, 0) is 30.7 Å². The van der Waals surface area contributed by atoms with E-state index in [1.165, 1.54) is 0 Å². The van der Waals surface area contributed by atoms with Crippen molar-refractivity contribution in [2.75, 3.05) is 20.3 Å². The van der Waals surface area contributed by atoms with Gasteiger partial charge in [0, 0.05) is 30.3 Å². The topological polar surface area (TPSA) is 23.4 Å². The first-order chi connectivity index (χ1) is 9.49. The predicted octanol–water partition coefficient (Wildman–Crippen LogP) is 3.62. The number of halogens is 3. The summed E-state index contributed by atoms with van der Waals surface area (Å²) in [7, 11) is 1.61. The maximum atomic E-state index is 11.9. The van der Waals surface area contributed by atoms with Crippen LogP contribution >= 0.6 is 0 Å². The Kier molecular flexibility index (Phi) is 4.54. The van der Waals surface area contributed by atoms with Crippen molar-refractivity contribution >= 4 is 10.9 Å². The molecule has 0 atom stereocenters. The normalized spacial score (nSPS) is 12.0. The largest absolute Gasteiger partial charge is 0.497 e. The number of hydrogen-bond acceptors (Lipinski definition) is 2. The van der Waals surface area contributed by atoms with E-state index < -0.39 is 12.8 Å². The van der Waals surface area contributed by atoms with Crippen molar-refractivity contribution in [3.63, 3.8) is 0 Å². The summed E-state index contributed by atoms with van der Waals surface area (Å²) >= 11 is 0. The Bertz CT molecular complexity index is 563. The van der Waals surface area contributed by atoms with Gasteiger partial charge in [0.15, 0.2) is 0 Å². The second-order valence-electron chi connectivity index (χ2n) is 4.46. The van der Waals surface area contributed by atoms with Crippen molar-refractivity contribution in [1.29, 1.82) is 0 Å². The van der Waals surface area contributed by atoms with Crippen molar-refractivity contribution < 1.29 is 22.6 Å². The summed E-state index contributed by atoms with van der Waals surface area (Å²) in [6, 6.07) is 7.67. The van der Waals surface area contributed by atoms with Crippen LogP contribution in [0.5, 0.6) is 5.75 Å². The average molecular weight is 287 g/mol. The van der Waals surface area contributed by atoms with Crippen molar-refractivity contribution in [2.24, 2.45) is 0 Å². The minimum Gasteiger partial charge on any atom is -0.497 e. The molecular weight excluding hydrogens is 271 g/mol. The SMILES string of the molecule is COc1ccc2c(ccn2CCCOCC(F)(F)F)c1. The molecule has 110 valence electrons. The zero-order valence-corrected chi connectivity index (χ0v) is 11.1. The third kappa shape index (κ3) is 3.90. The number of nitrogens with zero attached hydrogens (tertiary/aromatic N) is 1. The van der Waals surface area contributed by atoms with Crippen LogP contribution < -0.4 is 4.74 Å². The lowest BCUT2D eigenvalue weighted by atomic mass is 10.2. The molecule has 0 unspecified atom stereocenters. The van der Waals surface area contributed by atoms with Gasteiger partial charge >= 0.3 is 6.18 Å². The number of aryl methyl sites for hydroxylation is 1. The van der Waals surface area contributed by atoms with E-state index in [9.17, 15) is 13.2 Å². The Labute approximate surface area is 114 Å². The molecular formula is C14H16F3NO2. The molecule has 1 heterocycles. The number of hydrogen-bond donors (Lipinski definition) is 0. The van der Waals surface area contributed by atoms with E-state index in [4.69, 9.17) is 4.74 Å². The number of fused-ring (bicyclic) bond motifs is 1. The molecule has 0 spiro atoms. The molecule has 0 aliphatic rings. The first-order valence-electron chi connectivity index (χ1n) is 6.27. The van der Waals surface area contributed by atoms with Crippen LogP contribution in [0.1, 0.15) is 6.42 Å². The van der Waals surface area contributed by atoms with E-state index in [-0.39, 0.29) is 6.61 Å². The Morgan fingerprint density at radius 2 is 2.00 bits per heavy atom. The fourth-order valence-electron chi connectivity index (χ4n) is 2.03. The first-order valence-corrected chi connectivity index (χ1v) is 6.27. The third-order valence-corrected chi connectivity index (χ3v) is 2.93. The number of aromatic nitrogens is 1. The molecule has 20 heavy (non-hydrogen) atoms. The highest BCUT2D eigenvalue weighted by molar-refractivity contribution is 5.81. The van der Waals surface area contributed by atoms with Crippen LogP contribution in [0.4, 0.5) is 13.2 Å². The van der Waals surface area contributed by atoms with E-state index in [1.54, 1.807) is 7.11 Å². The molecule has 0 saturated heterocycles. The Balaban J connectivity index is 1.87. The molecule has 1 aromatic heterocycles. The molecule has 0 aliphatic heterocycles. The van der Waals surface area contributed by atoms with Gasteiger partial charge in [-0.2, -0.15) is 13.2 Å². The van der Waals surface area contributed by atoms with E-state index in [0.29, 0.717) is 13.0 Å². The monoisotopic (exact) mass is 287 g/mol. The van der Waals surface area contributed by atoms with E-state index in [0.717, 1.165) is 16.7 Å². The number of methoxy groups -OCH3 is 1. The van der Waals surface area contributed by atoms with Gasteiger partial charge in [-0.15, -0.1) is 0 Å². The van der Waals surface area contributed by atoms with Crippen LogP contribution in [-0.2, 0) is 11.3 Å². The summed E-state index contributed by atoms with van der Waals surface area (Å²) < 4.78 is 47.4. The van der Waals surface area contributed by atoms with Gasteiger partial charge in [0.1, 0.15) is 12.4 Å². The lowest BCUT2D eigenvalue weighted by Crippen LogP contribution is -2.17. The number of benzene rings is 1. The minimum atomic E-state index is -4.25. The van der Waals surface area contributed by atoms with Crippen molar-refractivity contribution in [3.8, 4) is 5.75 Å². The molecule has 0 aliphatic carbocycles. The van der Waals surface area contributed by atoms with Crippen LogP contribution in [0.15, 0.2) is 30.5 Å². The molecule has 0 radical (unpaired) electrons. The Morgan fingerprint density at radius 3 is 2.70 bits per heavy atom. The molecule has 0 bridgehead atoms. The van der Waals surface area contributed by atoms with Gasteiger partial charge in [-0.1, -0.05) is 0 Å². The molecule has 2 aromatic rings. The molecule has 0 fully saturated rings. The number of rotatable bonds is 6. The third-order valence-electron chi connectivity index (χ3n) is 2.93. The van der Waals surface area contributed by atoms with Crippen molar-refractivity contribution in [1.82, 2.24) is 4.57 Å². The van der Waals surface area contributed by atoms with Crippen LogP contribution in [0.3, 0.4) is 0 Å². The van der Waals surface area contributed by atoms with Crippen LogP contribution in [0, 0.1) is 0 Å². The van der Waals surface area contributed by atoms with Gasteiger partial charge < -0.3 is 14.0 Å². The summed E-state index contributed by atoms with van der Waals surface area (Å²) in [5.74, 6) is 0.781. The van der Waals surface area contributed by atoms with Crippen LogP contribution in [-0.4, -0.2) is 31.1 Å². The smallest absolute Gasteiger partial charge is 0.411 e. The number of alkyl halides is 3. The van der Waals surface area contributed by atoms with E-state index in [2.05, 4.69) is 4.74 Å². The van der Waals surface area contributed by atoms with Gasteiger partial charge in [0.05, 0.1) is 7.11 Å². The van der Waals surface area contributed by atoms with Crippen molar-refractivity contribution in [3.05, 3.63) is 30.5 Å². The Morgan fingerprint density at radius 1 is 1.20 bits per heavy atom. The quantitative estimate of drug-likeness (QED) is 0.758. The highest BCUT2D eigenvalue weighted by atomic mass is 19.4. The number of ether oxygens (including phenoxy) is 2. The van der Waals surface area contributed by atoms with Crippen LogP contribution in [0.2, 0.25) is 0 Å². The van der Waals surface area contributed by atoms with Gasteiger partial charge in [-0.25, -0.2) is 0 Å². The molecule has 0 N–H and O–H groups in total. The molecule has 0 saturated carbocycles.